The molecule has 0 fully saturated rings. The number of hydrogen-bond acceptors (Lipinski definition) is 3. The third-order valence-corrected chi connectivity index (χ3v) is 1.76. The van der Waals surface area contributed by atoms with Crippen LogP contribution in [0.5, 0.6) is 0 Å². The lowest BCUT2D eigenvalue weighted by Crippen LogP contribution is -2.30. The number of carbonyl (C=O) groups is 2. The van der Waals surface area contributed by atoms with Crippen LogP contribution in [0.4, 0.5) is 0 Å². The predicted octanol–water partition coefficient (Wildman–Crippen LogP) is -0.351. The molecule has 12 heavy (non-hydrogen) atoms. The number of aliphatic carboxylic acids is 2. The summed E-state index contributed by atoms with van der Waals surface area (Å²) in [5.74, 6) is -3.12. The SMILES string of the molecule is O=C(O)C1=CNCCC1C(=O)O. The van der Waals surface area contributed by atoms with E-state index in [0.717, 1.165) is 0 Å². The smallest absolute Gasteiger partial charge is 0.333 e. The van der Waals surface area contributed by atoms with Gasteiger partial charge in [0.15, 0.2) is 0 Å². The zero-order valence-corrected chi connectivity index (χ0v) is 6.28. The van der Waals surface area contributed by atoms with E-state index in [9.17, 15) is 9.59 Å². The van der Waals surface area contributed by atoms with Gasteiger partial charge in [-0.05, 0) is 6.42 Å². The van der Waals surface area contributed by atoms with Gasteiger partial charge in [0.1, 0.15) is 0 Å². The van der Waals surface area contributed by atoms with Crippen molar-refractivity contribution in [1.29, 1.82) is 0 Å². The van der Waals surface area contributed by atoms with Crippen molar-refractivity contribution in [3.8, 4) is 0 Å². The minimum atomic E-state index is -1.17. The Morgan fingerprint density at radius 2 is 2.17 bits per heavy atom. The van der Waals surface area contributed by atoms with Crippen LogP contribution >= 0.6 is 0 Å². The van der Waals surface area contributed by atoms with Gasteiger partial charge in [-0.1, -0.05) is 0 Å². The third kappa shape index (κ3) is 1.55. The minimum Gasteiger partial charge on any atom is -0.481 e. The molecular formula is C7H9NO4. The van der Waals surface area contributed by atoms with E-state index in [1.807, 2.05) is 0 Å². The van der Waals surface area contributed by atoms with Crippen LogP contribution in [0.1, 0.15) is 6.42 Å². The van der Waals surface area contributed by atoms with Crippen LogP contribution in [0, 0.1) is 5.92 Å². The zero-order valence-electron chi connectivity index (χ0n) is 6.28. The van der Waals surface area contributed by atoms with Crippen LogP contribution in [-0.4, -0.2) is 28.7 Å². The lowest BCUT2D eigenvalue weighted by Gasteiger charge is -2.18. The molecule has 0 amide bonds. The van der Waals surface area contributed by atoms with Crippen LogP contribution in [0.2, 0.25) is 0 Å². The molecule has 66 valence electrons. The highest BCUT2D eigenvalue weighted by molar-refractivity contribution is 5.93. The molecule has 0 saturated heterocycles. The summed E-state index contributed by atoms with van der Waals surface area (Å²) in [7, 11) is 0. The molecule has 0 aromatic rings. The van der Waals surface area contributed by atoms with E-state index in [4.69, 9.17) is 10.2 Å². The van der Waals surface area contributed by atoms with Crippen molar-refractivity contribution >= 4 is 11.9 Å². The molecule has 0 spiro atoms. The Bertz CT molecular complexity index is 246. The quantitative estimate of drug-likeness (QED) is 0.528. The Morgan fingerprint density at radius 3 is 2.58 bits per heavy atom. The molecule has 1 aliphatic heterocycles. The van der Waals surface area contributed by atoms with E-state index in [1.54, 1.807) is 0 Å². The van der Waals surface area contributed by atoms with Gasteiger partial charge in [0.2, 0.25) is 0 Å². The average Bonchev–Trinajstić information content (AvgIpc) is 2.04. The van der Waals surface area contributed by atoms with Crippen molar-refractivity contribution in [2.75, 3.05) is 6.54 Å². The van der Waals surface area contributed by atoms with E-state index in [1.165, 1.54) is 6.20 Å². The maximum absolute atomic E-state index is 10.5. The van der Waals surface area contributed by atoms with Crippen molar-refractivity contribution in [3.05, 3.63) is 11.8 Å². The third-order valence-electron chi connectivity index (χ3n) is 1.76. The summed E-state index contributed by atoms with van der Waals surface area (Å²) in [6.07, 6.45) is 1.58. The lowest BCUT2D eigenvalue weighted by molar-refractivity contribution is -0.144. The fourth-order valence-electron chi connectivity index (χ4n) is 1.13. The second-order valence-electron chi connectivity index (χ2n) is 2.54. The molecule has 0 aromatic carbocycles. The molecule has 5 nitrogen and oxygen atoms in total. The summed E-state index contributed by atoms with van der Waals surface area (Å²) >= 11 is 0. The maximum Gasteiger partial charge on any atom is 0.333 e. The van der Waals surface area contributed by atoms with Crippen LogP contribution in [0.25, 0.3) is 0 Å². The second kappa shape index (κ2) is 3.25. The molecule has 5 heteroatoms. The van der Waals surface area contributed by atoms with Gasteiger partial charge in [0.25, 0.3) is 0 Å². The summed E-state index contributed by atoms with van der Waals surface area (Å²) in [6, 6.07) is 0. The van der Waals surface area contributed by atoms with E-state index >= 15 is 0 Å². The van der Waals surface area contributed by atoms with Crippen LogP contribution < -0.4 is 5.32 Å². The van der Waals surface area contributed by atoms with Gasteiger partial charge < -0.3 is 15.5 Å². The van der Waals surface area contributed by atoms with Crippen LogP contribution in [-0.2, 0) is 9.59 Å². The first kappa shape index (κ1) is 8.58. The fourth-order valence-corrected chi connectivity index (χ4v) is 1.13. The topological polar surface area (TPSA) is 86.6 Å². The summed E-state index contributed by atoms with van der Waals surface area (Å²) < 4.78 is 0. The molecule has 0 aromatic heterocycles. The Labute approximate surface area is 68.7 Å². The number of rotatable bonds is 2. The van der Waals surface area contributed by atoms with E-state index < -0.39 is 17.9 Å². The van der Waals surface area contributed by atoms with Crippen molar-refractivity contribution in [1.82, 2.24) is 5.32 Å². The maximum atomic E-state index is 10.5. The Hall–Kier alpha value is -1.52. The summed E-state index contributed by atoms with van der Waals surface area (Å²) in [5.41, 5.74) is -0.0752. The summed E-state index contributed by atoms with van der Waals surface area (Å²) in [5, 5.41) is 19.9. The molecule has 1 aliphatic rings. The number of carboxylic acid groups (broad SMARTS) is 2. The number of carboxylic acids is 2. The van der Waals surface area contributed by atoms with Gasteiger partial charge >= 0.3 is 11.9 Å². The van der Waals surface area contributed by atoms with Crippen LogP contribution in [0.15, 0.2) is 11.8 Å². The van der Waals surface area contributed by atoms with Gasteiger partial charge in [0.05, 0.1) is 11.5 Å². The normalized spacial score (nSPS) is 22.3. The van der Waals surface area contributed by atoms with Crippen molar-refractivity contribution < 1.29 is 19.8 Å². The first-order valence-electron chi connectivity index (χ1n) is 3.52. The molecule has 1 rings (SSSR count). The Morgan fingerprint density at radius 1 is 1.50 bits per heavy atom. The van der Waals surface area contributed by atoms with Gasteiger partial charge in [-0.2, -0.15) is 0 Å². The fraction of sp³-hybridized carbons (Fsp3) is 0.429. The van der Waals surface area contributed by atoms with E-state index in [0.29, 0.717) is 13.0 Å². The monoisotopic (exact) mass is 171 g/mol. The Kier molecular flexibility index (Phi) is 2.32. The first-order chi connectivity index (χ1) is 5.63. The van der Waals surface area contributed by atoms with E-state index in [2.05, 4.69) is 5.32 Å². The van der Waals surface area contributed by atoms with E-state index in [-0.39, 0.29) is 5.57 Å². The van der Waals surface area contributed by atoms with Crippen molar-refractivity contribution in [3.63, 3.8) is 0 Å². The molecule has 1 atom stereocenters. The minimum absolute atomic E-state index is 0.0752. The second-order valence-corrected chi connectivity index (χ2v) is 2.54. The summed E-state index contributed by atoms with van der Waals surface area (Å²) in [4.78, 5) is 21.0. The van der Waals surface area contributed by atoms with Crippen molar-refractivity contribution in [2.45, 2.75) is 6.42 Å². The van der Waals surface area contributed by atoms with Gasteiger partial charge in [-0.15, -0.1) is 0 Å². The molecule has 1 unspecified atom stereocenters. The van der Waals surface area contributed by atoms with Gasteiger partial charge in [-0.25, -0.2) is 4.79 Å². The number of nitrogens with one attached hydrogen (secondary N) is 1. The largest absolute Gasteiger partial charge is 0.481 e. The molecule has 0 bridgehead atoms. The number of hydrogen-bond donors (Lipinski definition) is 3. The highest BCUT2D eigenvalue weighted by atomic mass is 16.4. The van der Waals surface area contributed by atoms with Crippen LogP contribution in [0.3, 0.4) is 0 Å². The Balaban J connectivity index is 2.85. The average molecular weight is 171 g/mol. The highest BCUT2D eigenvalue weighted by Crippen LogP contribution is 2.17. The highest BCUT2D eigenvalue weighted by Gasteiger charge is 2.28. The standard InChI is InChI=1S/C7H9NO4/c9-6(10)4-1-2-8-3-5(4)7(11)12/h3-4,8H,1-2H2,(H,9,10)(H,11,12). The van der Waals surface area contributed by atoms with Gasteiger partial charge in [0, 0.05) is 12.7 Å². The molecule has 3 N–H and O–H groups in total. The van der Waals surface area contributed by atoms with Gasteiger partial charge in [-0.3, -0.25) is 4.79 Å². The molecule has 1 heterocycles. The zero-order chi connectivity index (χ0) is 9.14. The van der Waals surface area contributed by atoms with Crippen molar-refractivity contribution in [2.24, 2.45) is 5.92 Å². The summed E-state index contributed by atoms with van der Waals surface area (Å²) in [6.45, 7) is 0.508. The predicted molar refractivity (Wildman–Crippen MR) is 39.5 cm³/mol. The molecule has 0 aliphatic carbocycles. The lowest BCUT2D eigenvalue weighted by atomic mass is 9.94. The molecule has 0 saturated carbocycles. The molecular weight excluding hydrogens is 162 g/mol. The molecule has 0 radical (unpaired) electrons. The first-order valence-corrected chi connectivity index (χ1v) is 3.52.